The third kappa shape index (κ3) is 9.06. The average molecular weight is 562 g/mol. The number of rotatable bonds is 12. The van der Waals surface area contributed by atoms with Crippen molar-refractivity contribution in [3.63, 3.8) is 0 Å². The molecule has 0 aliphatic carbocycles. The molecule has 2 amide bonds. The SMILES string of the molecule is CC(C)CNC(=O)[C@@H](Cc1ccccc1)N(Cc1ccc(F)cc1)C(=O)CSCc1c(Cl)cccc1Cl. The molecule has 0 aliphatic heterocycles. The van der Waals surface area contributed by atoms with Crippen molar-refractivity contribution in [2.75, 3.05) is 12.3 Å². The van der Waals surface area contributed by atoms with Crippen LogP contribution in [0, 0.1) is 11.7 Å². The molecule has 3 aromatic carbocycles. The summed E-state index contributed by atoms with van der Waals surface area (Å²) in [6.07, 6.45) is 0.360. The Morgan fingerprint density at radius 1 is 0.919 bits per heavy atom. The fourth-order valence-electron chi connectivity index (χ4n) is 3.76. The summed E-state index contributed by atoms with van der Waals surface area (Å²) in [7, 11) is 0. The molecule has 0 saturated heterocycles. The van der Waals surface area contributed by atoms with Gasteiger partial charge < -0.3 is 10.2 Å². The maximum Gasteiger partial charge on any atom is 0.243 e. The first-order valence-electron chi connectivity index (χ1n) is 12.1. The van der Waals surface area contributed by atoms with Gasteiger partial charge in [-0.3, -0.25) is 9.59 Å². The molecule has 0 spiro atoms. The van der Waals surface area contributed by atoms with E-state index in [2.05, 4.69) is 5.32 Å². The fraction of sp³-hybridized carbons (Fsp3) is 0.310. The zero-order valence-corrected chi connectivity index (χ0v) is 23.3. The third-order valence-electron chi connectivity index (χ3n) is 5.76. The van der Waals surface area contributed by atoms with Crippen LogP contribution in [0.1, 0.15) is 30.5 Å². The normalized spacial score (nSPS) is 11.8. The van der Waals surface area contributed by atoms with Crippen LogP contribution in [-0.2, 0) is 28.3 Å². The highest BCUT2D eigenvalue weighted by molar-refractivity contribution is 7.99. The average Bonchev–Trinajstić information content (AvgIpc) is 2.88. The Balaban J connectivity index is 1.85. The van der Waals surface area contributed by atoms with E-state index < -0.39 is 6.04 Å². The van der Waals surface area contributed by atoms with Gasteiger partial charge in [0.2, 0.25) is 11.8 Å². The summed E-state index contributed by atoms with van der Waals surface area (Å²) < 4.78 is 13.6. The van der Waals surface area contributed by atoms with E-state index in [-0.39, 0.29) is 35.8 Å². The Hall–Kier alpha value is -2.54. The number of thioether (sulfide) groups is 1. The molecule has 0 bridgehead atoms. The molecule has 1 N–H and O–H groups in total. The number of halogens is 3. The number of nitrogens with one attached hydrogen (secondary N) is 1. The lowest BCUT2D eigenvalue weighted by molar-refractivity contribution is -0.139. The summed E-state index contributed by atoms with van der Waals surface area (Å²) in [4.78, 5) is 28.6. The van der Waals surface area contributed by atoms with Crippen molar-refractivity contribution >= 4 is 46.8 Å². The Labute approximate surface area is 232 Å². The Bertz CT molecular complexity index is 1160. The maximum atomic E-state index is 13.6. The molecule has 4 nitrogen and oxygen atoms in total. The van der Waals surface area contributed by atoms with Gasteiger partial charge in [-0.05, 0) is 46.9 Å². The molecule has 8 heteroatoms. The standard InChI is InChI=1S/C29H31Cl2FN2O2S/c1-20(2)16-33-29(36)27(15-21-7-4-3-5-8-21)34(17-22-11-13-23(32)14-12-22)28(35)19-37-18-24-25(30)9-6-10-26(24)31/h3-14,20,27H,15-19H2,1-2H3,(H,33,36)/t27-/m1/s1. The van der Waals surface area contributed by atoms with E-state index in [4.69, 9.17) is 23.2 Å². The van der Waals surface area contributed by atoms with E-state index >= 15 is 0 Å². The van der Waals surface area contributed by atoms with Crippen LogP contribution < -0.4 is 5.32 Å². The van der Waals surface area contributed by atoms with Crippen LogP contribution in [0.5, 0.6) is 0 Å². The highest BCUT2D eigenvalue weighted by Crippen LogP contribution is 2.28. The highest BCUT2D eigenvalue weighted by atomic mass is 35.5. The van der Waals surface area contributed by atoms with Gasteiger partial charge in [-0.2, -0.15) is 0 Å². The van der Waals surface area contributed by atoms with Gasteiger partial charge in [-0.15, -0.1) is 11.8 Å². The van der Waals surface area contributed by atoms with Crippen molar-refractivity contribution in [3.05, 3.63) is 105 Å². The quantitative estimate of drug-likeness (QED) is 0.265. The minimum absolute atomic E-state index is 0.130. The minimum Gasteiger partial charge on any atom is -0.354 e. The molecule has 0 unspecified atom stereocenters. The molecule has 3 aromatic rings. The van der Waals surface area contributed by atoms with Crippen molar-refractivity contribution < 1.29 is 14.0 Å². The largest absolute Gasteiger partial charge is 0.354 e. The second-order valence-corrected chi connectivity index (χ2v) is 11.0. The first-order valence-corrected chi connectivity index (χ1v) is 14.0. The first kappa shape index (κ1) is 29.0. The molecule has 3 rings (SSSR count). The van der Waals surface area contributed by atoms with Crippen molar-refractivity contribution in [2.45, 2.75) is 38.6 Å². The lowest BCUT2D eigenvalue weighted by atomic mass is 10.0. The number of benzene rings is 3. The van der Waals surface area contributed by atoms with E-state index in [0.29, 0.717) is 28.8 Å². The molecule has 1 atom stereocenters. The van der Waals surface area contributed by atoms with Crippen LogP contribution in [0.25, 0.3) is 0 Å². The topological polar surface area (TPSA) is 49.4 Å². The van der Waals surface area contributed by atoms with Gasteiger partial charge in [0.1, 0.15) is 11.9 Å². The van der Waals surface area contributed by atoms with E-state index in [1.54, 1.807) is 35.2 Å². The third-order valence-corrected chi connectivity index (χ3v) is 7.41. The summed E-state index contributed by atoms with van der Waals surface area (Å²) in [6, 6.07) is 20.2. The van der Waals surface area contributed by atoms with Gasteiger partial charge in [0.25, 0.3) is 0 Å². The van der Waals surface area contributed by atoms with Crippen LogP contribution >= 0.6 is 35.0 Å². The van der Waals surface area contributed by atoms with Gasteiger partial charge in [0.15, 0.2) is 0 Å². The van der Waals surface area contributed by atoms with Crippen molar-refractivity contribution in [2.24, 2.45) is 5.92 Å². The Morgan fingerprint density at radius 3 is 2.19 bits per heavy atom. The number of hydrogen-bond acceptors (Lipinski definition) is 3. The fourth-order valence-corrected chi connectivity index (χ4v) is 5.40. The Kier molecular flexibility index (Phi) is 11.3. The molecule has 37 heavy (non-hydrogen) atoms. The van der Waals surface area contributed by atoms with Crippen molar-refractivity contribution in [1.29, 1.82) is 0 Å². The molecular formula is C29H31Cl2FN2O2S. The lowest BCUT2D eigenvalue weighted by Crippen LogP contribution is -2.51. The smallest absolute Gasteiger partial charge is 0.243 e. The van der Waals surface area contributed by atoms with Gasteiger partial charge in [-0.1, -0.05) is 85.6 Å². The molecule has 0 aromatic heterocycles. The van der Waals surface area contributed by atoms with Crippen molar-refractivity contribution in [3.8, 4) is 0 Å². The van der Waals surface area contributed by atoms with Crippen LogP contribution in [0.2, 0.25) is 10.0 Å². The first-order chi connectivity index (χ1) is 17.7. The predicted octanol–water partition coefficient (Wildman–Crippen LogP) is 6.78. The van der Waals surface area contributed by atoms with Gasteiger partial charge in [0.05, 0.1) is 5.75 Å². The predicted molar refractivity (Wildman–Crippen MR) is 151 cm³/mol. The zero-order chi connectivity index (χ0) is 26.8. The van der Waals surface area contributed by atoms with E-state index in [1.165, 1.54) is 23.9 Å². The number of carbonyl (C=O) groups is 2. The van der Waals surface area contributed by atoms with Crippen LogP contribution in [0.4, 0.5) is 4.39 Å². The minimum atomic E-state index is -0.733. The lowest BCUT2D eigenvalue weighted by Gasteiger charge is -2.32. The number of hydrogen-bond donors (Lipinski definition) is 1. The van der Waals surface area contributed by atoms with Gasteiger partial charge in [-0.25, -0.2) is 4.39 Å². The number of amides is 2. The van der Waals surface area contributed by atoms with Crippen LogP contribution in [0.15, 0.2) is 72.8 Å². The molecule has 0 radical (unpaired) electrons. The number of carbonyl (C=O) groups excluding carboxylic acids is 2. The van der Waals surface area contributed by atoms with Crippen LogP contribution in [-0.4, -0.2) is 35.1 Å². The second-order valence-electron chi connectivity index (χ2n) is 9.19. The van der Waals surface area contributed by atoms with Crippen molar-refractivity contribution in [1.82, 2.24) is 10.2 Å². The van der Waals surface area contributed by atoms with Crippen LogP contribution in [0.3, 0.4) is 0 Å². The summed E-state index contributed by atoms with van der Waals surface area (Å²) in [6.45, 7) is 4.72. The molecule has 196 valence electrons. The summed E-state index contributed by atoms with van der Waals surface area (Å²) >= 11 is 14.0. The van der Waals surface area contributed by atoms with Gasteiger partial charge in [0, 0.05) is 35.3 Å². The molecule has 0 heterocycles. The summed E-state index contributed by atoms with van der Waals surface area (Å²) in [5, 5.41) is 4.09. The highest BCUT2D eigenvalue weighted by Gasteiger charge is 2.30. The van der Waals surface area contributed by atoms with Gasteiger partial charge >= 0.3 is 0 Å². The molecule has 0 saturated carbocycles. The van der Waals surface area contributed by atoms with E-state index in [1.807, 2.05) is 44.2 Å². The monoisotopic (exact) mass is 560 g/mol. The Morgan fingerprint density at radius 2 is 1.57 bits per heavy atom. The summed E-state index contributed by atoms with van der Waals surface area (Å²) in [5.74, 6) is 0.0800. The molecular weight excluding hydrogens is 530 g/mol. The number of nitrogens with zero attached hydrogens (tertiary/aromatic N) is 1. The second kappa shape index (κ2) is 14.4. The van der Waals surface area contributed by atoms with E-state index in [9.17, 15) is 14.0 Å². The zero-order valence-electron chi connectivity index (χ0n) is 20.9. The molecule has 0 aliphatic rings. The molecule has 0 fully saturated rings. The maximum absolute atomic E-state index is 13.6. The summed E-state index contributed by atoms with van der Waals surface area (Å²) in [5.41, 5.74) is 2.45. The van der Waals surface area contributed by atoms with E-state index in [0.717, 1.165) is 16.7 Å².